The highest BCUT2D eigenvalue weighted by atomic mass is 127. The second kappa shape index (κ2) is 6.38. The molecule has 4 nitrogen and oxygen atoms in total. The molecule has 1 heterocycles. The maximum atomic E-state index is 11.9. The highest BCUT2D eigenvalue weighted by molar-refractivity contribution is 14.1. The minimum atomic E-state index is 0.0173. The summed E-state index contributed by atoms with van der Waals surface area (Å²) in [5, 5.41) is 0. The van der Waals surface area contributed by atoms with Crippen LogP contribution in [-0.4, -0.2) is 36.5 Å². The van der Waals surface area contributed by atoms with Gasteiger partial charge in [-0.15, -0.1) is 0 Å². The predicted octanol–water partition coefficient (Wildman–Crippen LogP) is 1.62. The Morgan fingerprint density at radius 2 is 2.17 bits per heavy atom. The first-order chi connectivity index (χ1) is 8.65. The molecule has 1 fully saturated rings. The number of likely N-dealkylation sites (tertiary alicyclic amines) is 1. The van der Waals surface area contributed by atoms with Crippen molar-refractivity contribution in [1.82, 2.24) is 4.90 Å². The fraction of sp³-hybridized carbons (Fsp3) is 0.462. The molecule has 2 rings (SSSR count). The van der Waals surface area contributed by atoms with Crippen molar-refractivity contribution in [3.8, 4) is 5.75 Å². The molecule has 0 aliphatic carbocycles. The second-order valence-corrected chi connectivity index (χ2v) is 5.73. The number of nitrogens with two attached hydrogens (primary N) is 1. The summed E-state index contributed by atoms with van der Waals surface area (Å²) < 4.78 is 6.62. The van der Waals surface area contributed by atoms with Crippen molar-refractivity contribution in [3.05, 3.63) is 27.8 Å². The van der Waals surface area contributed by atoms with Gasteiger partial charge < -0.3 is 15.4 Å². The average molecular weight is 360 g/mol. The number of amides is 1. The number of nitrogens with zero attached hydrogens (tertiary/aromatic N) is 1. The summed E-state index contributed by atoms with van der Waals surface area (Å²) in [6.45, 7) is 1.53. The Labute approximate surface area is 121 Å². The van der Waals surface area contributed by atoms with Crippen LogP contribution in [0.1, 0.15) is 12.8 Å². The summed E-state index contributed by atoms with van der Waals surface area (Å²) in [5.74, 6) is 0.744. The van der Waals surface area contributed by atoms with E-state index in [0.717, 1.165) is 28.7 Å². The molecule has 1 saturated heterocycles. The molecule has 1 amide bonds. The van der Waals surface area contributed by atoms with Crippen molar-refractivity contribution < 1.29 is 9.53 Å². The van der Waals surface area contributed by atoms with Crippen molar-refractivity contribution in [2.24, 2.45) is 5.73 Å². The van der Waals surface area contributed by atoms with E-state index in [9.17, 15) is 4.79 Å². The Hall–Kier alpha value is -0.820. The van der Waals surface area contributed by atoms with Crippen LogP contribution in [0.2, 0.25) is 0 Å². The SMILES string of the molecule is NC1CCCN(C(=O)COc2ccc(I)cc2)C1. The van der Waals surface area contributed by atoms with Gasteiger partial charge in [-0.2, -0.15) is 0 Å². The molecule has 1 aliphatic rings. The monoisotopic (exact) mass is 360 g/mol. The topological polar surface area (TPSA) is 55.6 Å². The van der Waals surface area contributed by atoms with Gasteiger partial charge in [-0.25, -0.2) is 0 Å². The van der Waals surface area contributed by atoms with E-state index < -0.39 is 0 Å². The summed E-state index contributed by atoms with van der Waals surface area (Å²) in [7, 11) is 0. The average Bonchev–Trinajstić information content (AvgIpc) is 2.38. The van der Waals surface area contributed by atoms with Crippen molar-refractivity contribution in [2.75, 3.05) is 19.7 Å². The zero-order valence-corrected chi connectivity index (χ0v) is 12.3. The molecule has 0 saturated carbocycles. The van der Waals surface area contributed by atoms with Gasteiger partial charge in [0.2, 0.25) is 0 Å². The number of rotatable bonds is 3. The second-order valence-electron chi connectivity index (χ2n) is 4.48. The van der Waals surface area contributed by atoms with Crippen LogP contribution in [0.15, 0.2) is 24.3 Å². The van der Waals surface area contributed by atoms with E-state index in [1.165, 1.54) is 0 Å². The van der Waals surface area contributed by atoms with Crippen LogP contribution in [0.4, 0.5) is 0 Å². The van der Waals surface area contributed by atoms with Gasteiger partial charge in [-0.3, -0.25) is 4.79 Å². The molecule has 2 N–H and O–H groups in total. The summed E-state index contributed by atoms with van der Waals surface area (Å²) in [6.07, 6.45) is 1.98. The molecule has 0 spiro atoms. The molecule has 98 valence electrons. The van der Waals surface area contributed by atoms with Gasteiger partial charge in [-0.1, -0.05) is 0 Å². The fourth-order valence-corrected chi connectivity index (χ4v) is 2.36. The van der Waals surface area contributed by atoms with Crippen molar-refractivity contribution in [1.29, 1.82) is 0 Å². The lowest BCUT2D eigenvalue weighted by molar-refractivity contribution is -0.134. The number of halogens is 1. The van der Waals surface area contributed by atoms with Gasteiger partial charge >= 0.3 is 0 Å². The first-order valence-corrected chi connectivity index (χ1v) is 7.15. The van der Waals surface area contributed by atoms with E-state index in [-0.39, 0.29) is 18.6 Å². The molecule has 1 aromatic rings. The third-order valence-electron chi connectivity index (χ3n) is 2.99. The van der Waals surface area contributed by atoms with Gasteiger partial charge in [-0.05, 0) is 59.7 Å². The molecule has 1 atom stereocenters. The van der Waals surface area contributed by atoms with Gasteiger partial charge in [0.1, 0.15) is 5.75 Å². The molecule has 18 heavy (non-hydrogen) atoms. The van der Waals surface area contributed by atoms with Crippen LogP contribution in [-0.2, 0) is 4.79 Å². The minimum absolute atomic E-state index is 0.0173. The minimum Gasteiger partial charge on any atom is -0.484 e. The van der Waals surface area contributed by atoms with Crippen molar-refractivity contribution in [3.63, 3.8) is 0 Å². The van der Waals surface area contributed by atoms with E-state index in [0.29, 0.717) is 6.54 Å². The zero-order valence-electron chi connectivity index (χ0n) is 10.1. The highest BCUT2D eigenvalue weighted by Crippen LogP contribution is 2.14. The van der Waals surface area contributed by atoms with E-state index in [1.807, 2.05) is 24.3 Å². The van der Waals surface area contributed by atoms with Gasteiger partial charge in [0.05, 0.1) is 0 Å². The maximum Gasteiger partial charge on any atom is 0.260 e. The lowest BCUT2D eigenvalue weighted by atomic mass is 10.1. The molecule has 1 unspecified atom stereocenters. The van der Waals surface area contributed by atoms with Gasteiger partial charge in [0.15, 0.2) is 6.61 Å². The highest BCUT2D eigenvalue weighted by Gasteiger charge is 2.21. The molecule has 0 radical (unpaired) electrons. The first-order valence-electron chi connectivity index (χ1n) is 6.07. The van der Waals surface area contributed by atoms with Crippen LogP contribution in [0.3, 0.4) is 0 Å². The molecular formula is C13H17IN2O2. The van der Waals surface area contributed by atoms with Gasteiger partial charge in [0.25, 0.3) is 5.91 Å². The van der Waals surface area contributed by atoms with Crippen LogP contribution < -0.4 is 10.5 Å². The van der Waals surface area contributed by atoms with Crippen LogP contribution in [0.5, 0.6) is 5.75 Å². The third-order valence-corrected chi connectivity index (χ3v) is 3.71. The van der Waals surface area contributed by atoms with E-state index in [1.54, 1.807) is 4.90 Å². The van der Waals surface area contributed by atoms with Crippen molar-refractivity contribution >= 4 is 28.5 Å². The maximum absolute atomic E-state index is 11.9. The number of hydrogen-bond acceptors (Lipinski definition) is 3. The Kier molecular flexibility index (Phi) is 4.82. The zero-order chi connectivity index (χ0) is 13.0. The van der Waals surface area contributed by atoms with E-state index >= 15 is 0 Å². The Morgan fingerprint density at radius 1 is 1.44 bits per heavy atom. The molecule has 0 aromatic heterocycles. The smallest absolute Gasteiger partial charge is 0.260 e. The summed E-state index contributed by atoms with van der Waals surface area (Å²) in [5.41, 5.74) is 5.85. The van der Waals surface area contributed by atoms with Crippen LogP contribution >= 0.6 is 22.6 Å². The summed E-state index contributed by atoms with van der Waals surface area (Å²) in [4.78, 5) is 13.7. The Balaban J connectivity index is 1.82. The standard InChI is InChI=1S/C13H17IN2O2/c14-10-3-5-12(6-4-10)18-9-13(17)16-7-1-2-11(15)8-16/h3-6,11H,1-2,7-9,15H2. The molecule has 1 aromatic carbocycles. The first kappa shape index (κ1) is 13.6. The van der Waals surface area contributed by atoms with Crippen molar-refractivity contribution in [2.45, 2.75) is 18.9 Å². The largest absolute Gasteiger partial charge is 0.484 e. The number of carbonyl (C=O) groups is 1. The number of benzene rings is 1. The third kappa shape index (κ3) is 3.84. The number of hydrogen-bond donors (Lipinski definition) is 1. The van der Waals surface area contributed by atoms with E-state index in [4.69, 9.17) is 10.5 Å². The Bertz CT molecular complexity index is 408. The molecular weight excluding hydrogens is 343 g/mol. The van der Waals surface area contributed by atoms with Gasteiger partial charge in [0, 0.05) is 22.7 Å². The molecule has 5 heteroatoms. The number of carbonyl (C=O) groups excluding carboxylic acids is 1. The predicted molar refractivity (Wildman–Crippen MR) is 78.4 cm³/mol. The quantitative estimate of drug-likeness (QED) is 0.834. The van der Waals surface area contributed by atoms with Crippen LogP contribution in [0, 0.1) is 3.57 Å². The summed E-state index contributed by atoms with van der Waals surface area (Å²) in [6, 6.07) is 7.77. The number of piperidine rings is 1. The summed E-state index contributed by atoms with van der Waals surface area (Å²) >= 11 is 2.23. The molecule has 0 bridgehead atoms. The van der Waals surface area contributed by atoms with E-state index in [2.05, 4.69) is 22.6 Å². The fourth-order valence-electron chi connectivity index (χ4n) is 2.00. The molecule has 1 aliphatic heterocycles. The lowest BCUT2D eigenvalue weighted by Crippen LogP contribution is -2.47. The van der Waals surface area contributed by atoms with Crippen LogP contribution in [0.25, 0.3) is 0 Å². The number of ether oxygens (including phenoxy) is 1. The lowest BCUT2D eigenvalue weighted by Gasteiger charge is -2.30. The normalized spacial score (nSPS) is 19.7. The Morgan fingerprint density at radius 3 is 2.83 bits per heavy atom.